The zero-order chi connectivity index (χ0) is 9.80. The van der Waals surface area contributed by atoms with E-state index in [1.165, 1.54) is 57.8 Å². The topological polar surface area (TPSA) is 26.0 Å². The van der Waals surface area contributed by atoms with Gasteiger partial charge in [0.25, 0.3) is 0 Å². The molecule has 0 aromatic carbocycles. The van der Waals surface area contributed by atoms with Gasteiger partial charge in [-0.15, -0.1) is 0 Å². The van der Waals surface area contributed by atoms with Gasteiger partial charge in [-0.25, -0.2) is 0 Å². The summed E-state index contributed by atoms with van der Waals surface area (Å²) in [7, 11) is 0. The van der Waals surface area contributed by atoms with Crippen LogP contribution in [0, 0.1) is 17.8 Å². The lowest BCUT2D eigenvalue weighted by molar-refractivity contribution is 0.294. The van der Waals surface area contributed by atoms with Crippen molar-refractivity contribution in [2.45, 2.75) is 57.8 Å². The van der Waals surface area contributed by atoms with Gasteiger partial charge >= 0.3 is 0 Å². The van der Waals surface area contributed by atoms with E-state index >= 15 is 0 Å². The second-order valence-electron chi connectivity index (χ2n) is 5.41. The van der Waals surface area contributed by atoms with E-state index in [4.69, 9.17) is 5.73 Å². The third kappa shape index (κ3) is 2.50. The molecule has 2 aliphatic rings. The molecule has 2 saturated carbocycles. The third-order valence-electron chi connectivity index (χ3n) is 4.46. The molecule has 82 valence electrons. The number of hydrogen-bond donors (Lipinski definition) is 1. The number of nitrogens with two attached hydrogens (primary N) is 1. The van der Waals surface area contributed by atoms with Gasteiger partial charge in [0.15, 0.2) is 0 Å². The van der Waals surface area contributed by atoms with Crippen LogP contribution in [0.3, 0.4) is 0 Å². The largest absolute Gasteiger partial charge is 0.330 e. The lowest BCUT2D eigenvalue weighted by Crippen LogP contribution is -2.15. The van der Waals surface area contributed by atoms with Gasteiger partial charge < -0.3 is 5.73 Å². The number of hydrogen-bond acceptors (Lipinski definition) is 1. The van der Waals surface area contributed by atoms with Crippen molar-refractivity contribution in [3.63, 3.8) is 0 Å². The van der Waals surface area contributed by atoms with Crippen molar-refractivity contribution in [3.8, 4) is 0 Å². The predicted octanol–water partition coefficient (Wildman–Crippen LogP) is 3.33. The van der Waals surface area contributed by atoms with Gasteiger partial charge in [0.1, 0.15) is 0 Å². The summed E-state index contributed by atoms with van der Waals surface area (Å²) < 4.78 is 0. The Morgan fingerprint density at radius 2 is 1.57 bits per heavy atom. The van der Waals surface area contributed by atoms with Crippen LogP contribution in [0.25, 0.3) is 0 Å². The van der Waals surface area contributed by atoms with Crippen LogP contribution in [0.1, 0.15) is 57.8 Å². The smallest absolute Gasteiger partial charge is 0.00745 e. The summed E-state index contributed by atoms with van der Waals surface area (Å²) in [5.74, 6) is 3.11. The fourth-order valence-electron chi connectivity index (χ4n) is 3.69. The first-order chi connectivity index (χ1) is 6.90. The molecule has 0 radical (unpaired) electrons. The summed E-state index contributed by atoms with van der Waals surface area (Å²) >= 11 is 0. The molecule has 2 fully saturated rings. The minimum absolute atomic E-state index is 0.909. The van der Waals surface area contributed by atoms with E-state index in [9.17, 15) is 0 Å². The Kier molecular flexibility index (Phi) is 3.86. The van der Waals surface area contributed by atoms with Gasteiger partial charge in [-0.3, -0.25) is 0 Å². The second-order valence-corrected chi connectivity index (χ2v) is 5.41. The average Bonchev–Trinajstić information content (AvgIpc) is 2.80. The van der Waals surface area contributed by atoms with E-state index in [2.05, 4.69) is 0 Å². The Morgan fingerprint density at radius 1 is 0.857 bits per heavy atom. The molecule has 0 amide bonds. The molecule has 0 bridgehead atoms. The summed E-state index contributed by atoms with van der Waals surface area (Å²) in [6, 6.07) is 0. The molecule has 0 aromatic heterocycles. The highest BCUT2D eigenvalue weighted by atomic mass is 14.5. The summed E-state index contributed by atoms with van der Waals surface area (Å²) in [4.78, 5) is 0. The molecule has 0 aromatic rings. The predicted molar refractivity (Wildman–Crippen MR) is 61.1 cm³/mol. The van der Waals surface area contributed by atoms with E-state index in [1.54, 1.807) is 0 Å². The van der Waals surface area contributed by atoms with Crippen LogP contribution < -0.4 is 5.73 Å². The van der Waals surface area contributed by atoms with Crippen molar-refractivity contribution in [2.24, 2.45) is 23.5 Å². The zero-order valence-corrected chi connectivity index (χ0v) is 9.38. The van der Waals surface area contributed by atoms with Gasteiger partial charge in [-0.1, -0.05) is 44.9 Å². The highest BCUT2D eigenvalue weighted by Crippen LogP contribution is 2.41. The average molecular weight is 195 g/mol. The van der Waals surface area contributed by atoms with Crippen LogP contribution >= 0.6 is 0 Å². The minimum Gasteiger partial charge on any atom is -0.330 e. The third-order valence-corrected chi connectivity index (χ3v) is 4.46. The van der Waals surface area contributed by atoms with Gasteiger partial charge in [-0.2, -0.15) is 0 Å². The van der Waals surface area contributed by atoms with Gasteiger partial charge in [0, 0.05) is 0 Å². The molecule has 0 aliphatic heterocycles. The maximum Gasteiger partial charge on any atom is -0.00745 e. The van der Waals surface area contributed by atoms with Gasteiger partial charge in [0.2, 0.25) is 0 Å². The van der Waals surface area contributed by atoms with Gasteiger partial charge in [-0.05, 0) is 37.1 Å². The van der Waals surface area contributed by atoms with Crippen LogP contribution in [0.4, 0.5) is 0 Å². The van der Waals surface area contributed by atoms with Crippen molar-refractivity contribution >= 4 is 0 Å². The molecule has 2 atom stereocenters. The Morgan fingerprint density at radius 3 is 2.29 bits per heavy atom. The molecule has 0 spiro atoms. The highest BCUT2D eigenvalue weighted by Gasteiger charge is 2.29. The van der Waals surface area contributed by atoms with Crippen LogP contribution in [-0.4, -0.2) is 6.54 Å². The Bertz CT molecular complexity index is 161. The molecule has 1 nitrogen and oxygen atoms in total. The quantitative estimate of drug-likeness (QED) is 0.731. The van der Waals surface area contributed by atoms with Crippen molar-refractivity contribution in [1.82, 2.24) is 0 Å². The Labute approximate surface area is 88.4 Å². The lowest BCUT2D eigenvalue weighted by Gasteiger charge is -2.22. The van der Waals surface area contributed by atoms with Gasteiger partial charge in [0.05, 0.1) is 0 Å². The van der Waals surface area contributed by atoms with E-state index in [0.717, 1.165) is 24.3 Å². The van der Waals surface area contributed by atoms with Crippen molar-refractivity contribution in [2.75, 3.05) is 6.54 Å². The number of rotatable bonds is 4. The Hall–Kier alpha value is -0.0400. The maximum atomic E-state index is 5.68. The summed E-state index contributed by atoms with van der Waals surface area (Å²) in [5, 5.41) is 0. The molecule has 1 heteroatoms. The fourth-order valence-corrected chi connectivity index (χ4v) is 3.69. The molecular formula is C13H25N. The first-order valence-corrected chi connectivity index (χ1v) is 6.60. The maximum absolute atomic E-state index is 5.68. The zero-order valence-electron chi connectivity index (χ0n) is 9.38. The molecule has 0 saturated heterocycles. The van der Waals surface area contributed by atoms with Crippen LogP contribution in [0.15, 0.2) is 0 Å². The van der Waals surface area contributed by atoms with Crippen LogP contribution in [-0.2, 0) is 0 Å². The lowest BCUT2D eigenvalue weighted by atomic mass is 9.84. The molecule has 2 N–H and O–H groups in total. The first-order valence-electron chi connectivity index (χ1n) is 6.60. The normalized spacial score (nSPS) is 34.1. The van der Waals surface area contributed by atoms with Crippen LogP contribution in [0.2, 0.25) is 0 Å². The molecule has 14 heavy (non-hydrogen) atoms. The second kappa shape index (κ2) is 5.16. The Balaban J connectivity index is 1.77. The highest BCUT2D eigenvalue weighted by molar-refractivity contribution is 4.81. The standard InChI is InChI=1S/C13H25N/c14-9-8-12-6-3-7-13(12)10-11-4-1-2-5-11/h11-13H,1-10,14H2. The van der Waals surface area contributed by atoms with E-state index in [1.807, 2.05) is 0 Å². The molecular weight excluding hydrogens is 170 g/mol. The molecule has 0 heterocycles. The van der Waals surface area contributed by atoms with Crippen molar-refractivity contribution in [3.05, 3.63) is 0 Å². The van der Waals surface area contributed by atoms with E-state index in [-0.39, 0.29) is 0 Å². The first kappa shape index (κ1) is 10.5. The monoisotopic (exact) mass is 195 g/mol. The minimum atomic E-state index is 0.909. The van der Waals surface area contributed by atoms with E-state index < -0.39 is 0 Å². The summed E-state index contributed by atoms with van der Waals surface area (Å²) in [6.07, 6.45) is 13.3. The molecule has 2 aliphatic carbocycles. The molecule has 2 unspecified atom stereocenters. The summed E-state index contributed by atoms with van der Waals surface area (Å²) in [6.45, 7) is 0.909. The fraction of sp³-hybridized carbons (Fsp3) is 1.00. The SMILES string of the molecule is NCCC1CCCC1CC1CCCC1. The molecule has 2 rings (SSSR count). The van der Waals surface area contributed by atoms with Crippen LogP contribution in [0.5, 0.6) is 0 Å². The van der Waals surface area contributed by atoms with Crippen molar-refractivity contribution in [1.29, 1.82) is 0 Å². The summed E-state index contributed by atoms with van der Waals surface area (Å²) in [5.41, 5.74) is 5.68. The van der Waals surface area contributed by atoms with E-state index in [0.29, 0.717) is 0 Å². The van der Waals surface area contributed by atoms with Crippen molar-refractivity contribution < 1.29 is 0 Å².